The predicted octanol–water partition coefficient (Wildman–Crippen LogP) is 4.49. The van der Waals surface area contributed by atoms with Crippen molar-refractivity contribution in [2.24, 2.45) is 5.92 Å². The first-order chi connectivity index (χ1) is 9.99. The van der Waals surface area contributed by atoms with Crippen molar-refractivity contribution in [3.63, 3.8) is 0 Å². The fourth-order valence-electron chi connectivity index (χ4n) is 2.14. The van der Waals surface area contributed by atoms with E-state index in [-0.39, 0.29) is 34.2 Å². The van der Waals surface area contributed by atoms with Gasteiger partial charge >= 0.3 is 0 Å². The van der Waals surface area contributed by atoms with E-state index in [4.69, 9.17) is 8.85 Å². The number of carbonyl (C=O) groups excluding carboxylic acids is 1. The second-order valence-corrected chi connectivity index (χ2v) is 19.4. The summed E-state index contributed by atoms with van der Waals surface area (Å²) in [4.78, 5) is 12.1. The predicted molar refractivity (Wildman–Crippen MR) is 101 cm³/mol. The molecule has 1 saturated heterocycles. The molecule has 0 aliphatic carbocycles. The van der Waals surface area contributed by atoms with E-state index < -0.39 is 16.6 Å². The third-order valence-electron chi connectivity index (χ3n) is 5.93. The number of nitrogens with one attached hydrogen (secondary N) is 1. The second-order valence-electron chi connectivity index (χ2n) is 9.92. The van der Waals surface area contributed by atoms with Crippen molar-refractivity contribution in [1.29, 1.82) is 0 Å². The van der Waals surface area contributed by atoms with Crippen LogP contribution in [0.3, 0.4) is 0 Å². The van der Waals surface area contributed by atoms with E-state index in [0.717, 1.165) is 0 Å². The highest BCUT2D eigenvalue weighted by Gasteiger charge is 2.51. The maximum absolute atomic E-state index is 12.1. The molecule has 1 heterocycles. The van der Waals surface area contributed by atoms with Crippen LogP contribution in [0.5, 0.6) is 0 Å². The van der Waals surface area contributed by atoms with Crippen LogP contribution >= 0.6 is 0 Å². The molecule has 1 aliphatic heterocycles. The SMILES string of the molecule is CC(O[Si](C)(C)C(C)(C)C)C1C(=O)NC1O[Si](C)(C)C(C)(C)C. The highest BCUT2D eigenvalue weighted by atomic mass is 28.4. The molecule has 3 unspecified atom stereocenters. The van der Waals surface area contributed by atoms with Gasteiger partial charge in [0.15, 0.2) is 16.6 Å². The van der Waals surface area contributed by atoms with Crippen LogP contribution < -0.4 is 5.32 Å². The fraction of sp³-hybridized carbons (Fsp3) is 0.941. The Morgan fingerprint density at radius 2 is 1.39 bits per heavy atom. The van der Waals surface area contributed by atoms with Gasteiger partial charge < -0.3 is 14.2 Å². The number of rotatable bonds is 5. The Bertz CT molecular complexity index is 420. The molecule has 136 valence electrons. The Kier molecular flexibility index (Phi) is 5.70. The van der Waals surface area contributed by atoms with Crippen molar-refractivity contribution in [1.82, 2.24) is 5.32 Å². The van der Waals surface area contributed by atoms with Gasteiger partial charge in [-0.1, -0.05) is 41.5 Å². The van der Waals surface area contributed by atoms with Gasteiger partial charge in [0.2, 0.25) is 5.91 Å². The Morgan fingerprint density at radius 3 is 1.74 bits per heavy atom. The molecule has 0 radical (unpaired) electrons. The van der Waals surface area contributed by atoms with Crippen molar-refractivity contribution in [2.45, 2.75) is 97.1 Å². The number of hydrogen-bond donors (Lipinski definition) is 1. The molecule has 0 aromatic rings. The molecule has 1 rings (SSSR count). The summed E-state index contributed by atoms with van der Waals surface area (Å²) in [7, 11) is -3.80. The average molecular weight is 360 g/mol. The highest BCUT2D eigenvalue weighted by Crippen LogP contribution is 2.41. The lowest BCUT2D eigenvalue weighted by atomic mass is 9.94. The summed E-state index contributed by atoms with van der Waals surface area (Å²) in [5.41, 5.74) is 0. The van der Waals surface area contributed by atoms with Crippen molar-refractivity contribution < 1.29 is 13.6 Å². The molecule has 1 amide bonds. The molecule has 0 bridgehead atoms. The van der Waals surface area contributed by atoms with E-state index in [1.165, 1.54) is 0 Å². The van der Waals surface area contributed by atoms with Crippen LogP contribution in [0.2, 0.25) is 36.3 Å². The van der Waals surface area contributed by atoms with Crippen LogP contribution in [0.15, 0.2) is 0 Å². The van der Waals surface area contributed by atoms with E-state index >= 15 is 0 Å². The first-order valence-corrected chi connectivity index (χ1v) is 14.5. The van der Waals surface area contributed by atoms with Crippen molar-refractivity contribution in [3.05, 3.63) is 0 Å². The molecule has 0 saturated carbocycles. The third-order valence-corrected chi connectivity index (χ3v) is 15.0. The van der Waals surface area contributed by atoms with Gasteiger partial charge in [0.05, 0.1) is 6.10 Å². The Balaban J connectivity index is 2.81. The molecule has 3 atom stereocenters. The van der Waals surface area contributed by atoms with Crippen LogP contribution in [0.25, 0.3) is 0 Å². The molecule has 4 nitrogen and oxygen atoms in total. The fourth-order valence-corrected chi connectivity index (χ4v) is 4.76. The van der Waals surface area contributed by atoms with Gasteiger partial charge in [0.25, 0.3) is 0 Å². The summed E-state index contributed by atoms with van der Waals surface area (Å²) in [6.45, 7) is 24.2. The van der Waals surface area contributed by atoms with Crippen LogP contribution in [0.4, 0.5) is 0 Å². The van der Waals surface area contributed by atoms with Gasteiger partial charge in [-0.15, -0.1) is 0 Å². The van der Waals surface area contributed by atoms with Crippen LogP contribution in [0, 0.1) is 5.92 Å². The van der Waals surface area contributed by atoms with Crippen molar-refractivity contribution in [3.8, 4) is 0 Å². The minimum Gasteiger partial charge on any atom is -0.413 e. The van der Waals surface area contributed by atoms with E-state index in [9.17, 15) is 4.79 Å². The summed E-state index contributed by atoms with van der Waals surface area (Å²) in [6.07, 6.45) is -0.317. The molecule has 1 aliphatic rings. The summed E-state index contributed by atoms with van der Waals surface area (Å²) >= 11 is 0. The van der Waals surface area contributed by atoms with Gasteiger partial charge in [-0.25, -0.2) is 0 Å². The van der Waals surface area contributed by atoms with Crippen LogP contribution in [-0.4, -0.2) is 34.9 Å². The van der Waals surface area contributed by atoms with E-state index in [2.05, 4.69) is 73.0 Å². The minimum atomic E-state index is -1.91. The topological polar surface area (TPSA) is 47.6 Å². The standard InChI is InChI=1S/C17H37NO3Si2/c1-12(20-22(8,9)16(2,3)4)13-14(19)18-15(13)21-23(10,11)17(5,6)7/h12-13,15H,1-11H3,(H,18,19). The number of hydrogen-bond acceptors (Lipinski definition) is 3. The highest BCUT2D eigenvalue weighted by molar-refractivity contribution is 6.74. The number of β-lactam (4-membered cyclic amide) rings is 1. The zero-order chi connectivity index (χ0) is 18.4. The van der Waals surface area contributed by atoms with E-state index in [1.54, 1.807) is 0 Å². The summed E-state index contributed by atoms with van der Waals surface area (Å²) in [6, 6.07) is 0. The largest absolute Gasteiger partial charge is 0.413 e. The lowest BCUT2D eigenvalue weighted by molar-refractivity contribution is -0.152. The molecular formula is C17H37NO3Si2. The first-order valence-electron chi connectivity index (χ1n) is 8.66. The molecule has 23 heavy (non-hydrogen) atoms. The molecule has 1 fully saturated rings. The Morgan fingerprint density at radius 1 is 0.957 bits per heavy atom. The van der Waals surface area contributed by atoms with Gasteiger partial charge in [-0.3, -0.25) is 4.79 Å². The molecule has 0 aromatic carbocycles. The monoisotopic (exact) mass is 359 g/mol. The average Bonchev–Trinajstić information content (AvgIpc) is 2.22. The molecule has 1 N–H and O–H groups in total. The second kappa shape index (κ2) is 6.28. The van der Waals surface area contributed by atoms with Crippen LogP contribution in [0.1, 0.15) is 48.5 Å². The lowest BCUT2D eigenvalue weighted by Gasteiger charge is -2.48. The third kappa shape index (κ3) is 4.47. The smallest absolute Gasteiger partial charge is 0.232 e. The van der Waals surface area contributed by atoms with Gasteiger partial charge in [-0.2, -0.15) is 0 Å². The zero-order valence-corrected chi connectivity index (χ0v) is 19.0. The summed E-state index contributed by atoms with van der Waals surface area (Å²) < 4.78 is 12.8. The molecule has 0 aromatic heterocycles. The first kappa shape index (κ1) is 20.9. The normalized spacial score (nSPS) is 24.9. The molecular weight excluding hydrogens is 322 g/mol. The Labute approximate surface area is 145 Å². The molecule has 0 spiro atoms. The van der Waals surface area contributed by atoms with E-state index in [0.29, 0.717) is 0 Å². The number of carbonyl (C=O) groups is 1. The van der Waals surface area contributed by atoms with Crippen molar-refractivity contribution in [2.75, 3.05) is 0 Å². The Hall–Kier alpha value is -0.176. The summed E-state index contributed by atoms with van der Waals surface area (Å²) in [5.74, 6) is -0.141. The maximum atomic E-state index is 12.1. The molecule has 6 heteroatoms. The number of amides is 1. The van der Waals surface area contributed by atoms with Gasteiger partial charge in [0.1, 0.15) is 12.1 Å². The zero-order valence-electron chi connectivity index (χ0n) is 17.0. The lowest BCUT2D eigenvalue weighted by Crippen LogP contribution is -2.67. The maximum Gasteiger partial charge on any atom is 0.232 e. The van der Waals surface area contributed by atoms with Gasteiger partial charge in [-0.05, 0) is 43.2 Å². The van der Waals surface area contributed by atoms with Gasteiger partial charge in [0, 0.05) is 0 Å². The van der Waals surface area contributed by atoms with Crippen LogP contribution in [-0.2, 0) is 13.6 Å². The quantitative estimate of drug-likeness (QED) is 0.581. The van der Waals surface area contributed by atoms with Crippen molar-refractivity contribution >= 4 is 22.5 Å². The summed E-state index contributed by atoms with van der Waals surface area (Å²) in [5, 5.41) is 3.20. The minimum absolute atomic E-state index is 0.0555. The van der Waals surface area contributed by atoms with E-state index in [1.807, 2.05) is 6.92 Å².